The van der Waals surface area contributed by atoms with Crippen molar-refractivity contribution in [2.24, 2.45) is 5.84 Å². The quantitative estimate of drug-likeness (QED) is 0.359. The van der Waals surface area contributed by atoms with Crippen LogP contribution in [0.3, 0.4) is 0 Å². The van der Waals surface area contributed by atoms with Gasteiger partial charge in [-0.25, -0.2) is 20.6 Å². The number of nitrogens with zero attached hydrogens (tertiary/aromatic N) is 4. The van der Waals surface area contributed by atoms with Gasteiger partial charge in [-0.15, -0.1) is 0 Å². The fourth-order valence-electron chi connectivity index (χ4n) is 3.63. The van der Waals surface area contributed by atoms with Crippen LogP contribution in [0.1, 0.15) is 12.8 Å². The van der Waals surface area contributed by atoms with Gasteiger partial charge in [0.2, 0.25) is 0 Å². The van der Waals surface area contributed by atoms with Crippen LogP contribution in [0.5, 0.6) is 0 Å². The molecular formula is C19H20N6O3. The maximum Gasteiger partial charge on any atom is 0.421 e. The number of fused-ring (bicyclic) bond motifs is 1. The molecule has 1 aliphatic rings. The first-order chi connectivity index (χ1) is 13.5. The second kappa shape index (κ2) is 7.28. The average molecular weight is 380 g/mol. The van der Waals surface area contributed by atoms with Crippen molar-refractivity contribution in [2.45, 2.75) is 18.9 Å². The second-order valence-corrected chi connectivity index (χ2v) is 6.78. The molecule has 2 aromatic heterocycles. The van der Waals surface area contributed by atoms with E-state index in [1.165, 1.54) is 12.3 Å². The summed E-state index contributed by atoms with van der Waals surface area (Å²) in [6, 6.07) is 8.70. The third kappa shape index (κ3) is 3.39. The monoisotopic (exact) mass is 380 g/mol. The van der Waals surface area contributed by atoms with Gasteiger partial charge in [0.25, 0.3) is 5.56 Å². The molecule has 1 fully saturated rings. The molecule has 9 heteroatoms. The van der Waals surface area contributed by atoms with E-state index in [9.17, 15) is 14.7 Å². The van der Waals surface area contributed by atoms with Crippen molar-refractivity contribution in [1.82, 2.24) is 20.0 Å². The number of carbonyl (C=O) groups is 1. The molecule has 28 heavy (non-hydrogen) atoms. The summed E-state index contributed by atoms with van der Waals surface area (Å²) in [6.07, 6.45) is 3.64. The lowest BCUT2D eigenvalue weighted by Gasteiger charge is -2.37. The molecule has 1 saturated heterocycles. The standard InChI is InChI=1S/C19H20N6O3/c20-25(19(27)28)13-2-1-9-24(11-13)16-5-7-21-15-4-3-12(10-14(15)16)18-22-8-6-17(26)23-18/h3-8,10,13H,1-2,9,11,20H2,(H,27,28)(H,22,23,26)/t13-/m0/s1. The van der Waals surface area contributed by atoms with Gasteiger partial charge < -0.3 is 15.0 Å². The third-order valence-electron chi connectivity index (χ3n) is 5.01. The summed E-state index contributed by atoms with van der Waals surface area (Å²) in [6.45, 7) is 1.31. The van der Waals surface area contributed by atoms with Gasteiger partial charge in [-0.1, -0.05) is 0 Å². The van der Waals surface area contributed by atoms with E-state index in [0.29, 0.717) is 12.4 Å². The van der Waals surface area contributed by atoms with Crippen LogP contribution in [0.15, 0.2) is 47.5 Å². The Bertz CT molecular complexity index is 1080. The number of hydrogen-bond donors (Lipinski definition) is 3. The summed E-state index contributed by atoms with van der Waals surface area (Å²) in [5, 5.41) is 11.0. The van der Waals surface area contributed by atoms with Gasteiger partial charge in [-0.3, -0.25) is 9.78 Å². The Morgan fingerprint density at radius 3 is 2.86 bits per heavy atom. The maximum absolute atomic E-state index is 11.6. The topological polar surface area (TPSA) is 128 Å². The number of nitrogens with one attached hydrogen (secondary N) is 1. The Balaban J connectivity index is 1.73. The number of anilines is 1. The van der Waals surface area contributed by atoms with E-state index in [1.54, 1.807) is 6.20 Å². The van der Waals surface area contributed by atoms with Crippen molar-refractivity contribution in [2.75, 3.05) is 18.0 Å². The number of hydrazine groups is 1. The van der Waals surface area contributed by atoms with Gasteiger partial charge in [0.15, 0.2) is 0 Å². The van der Waals surface area contributed by atoms with Crippen LogP contribution >= 0.6 is 0 Å². The van der Waals surface area contributed by atoms with E-state index < -0.39 is 6.09 Å². The van der Waals surface area contributed by atoms with E-state index in [4.69, 9.17) is 5.84 Å². The highest BCUT2D eigenvalue weighted by molar-refractivity contribution is 5.94. The summed E-state index contributed by atoms with van der Waals surface area (Å²) in [4.78, 5) is 36.4. The van der Waals surface area contributed by atoms with Crippen molar-refractivity contribution >= 4 is 22.7 Å². The highest BCUT2D eigenvalue weighted by atomic mass is 16.4. The minimum absolute atomic E-state index is 0.216. The highest BCUT2D eigenvalue weighted by Gasteiger charge is 2.27. The first-order valence-electron chi connectivity index (χ1n) is 8.99. The molecule has 4 N–H and O–H groups in total. The number of amides is 1. The Labute approximate surface area is 160 Å². The zero-order chi connectivity index (χ0) is 19.7. The SMILES string of the molecule is NN(C(=O)O)[C@H]1CCCN(c2ccnc3ccc(-c4nccc(=O)[nH]4)cc23)C1. The van der Waals surface area contributed by atoms with Crippen LogP contribution in [0.4, 0.5) is 10.5 Å². The van der Waals surface area contributed by atoms with Crippen molar-refractivity contribution < 1.29 is 9.90 Å². The minimum atomic E-state index is -1.13. The first-order valence-corrected chi connectivity index (χ1v) is 8.99. The van der Waals surface area contributed by atoms with Crippen LogP contribution in [-0.4, -0.2) is 50.3 Å². The largest absolute Gasteiger partial charge is 0.464 e. The normalized spacial score (nSPS) is 16.9. The van der Waals surface area contributed by atoms with Gasteiger partial charge in [-0.05, 0) is 37.1 Å². The number of carboxylic acid groups (broad SMARTS) is 1. The number of H-pyrrole nitrogens is 1. The molecule has 144 valence electrons. The van der Waals surface area contributed by atoms with Crippen LogP contribution < -0.4 is 16.3 Å². The van der Waals surface area contributed by atoms with E-state index in [1.807, 2.05) is 24.3 Å². The van der Waals surface area contributed by atoms with Crippen LogP contribution in [0, 0.1) is 0 Å². The molecule has 1 amide bonds. The number of benzene rings is 1. The first kappa shape index (κ1) is 17.9. The lowest BCUT2D eigenvalue weighted by Crippen LogP contribution is -2.53. The zero-order valence-corrected chi connectivity index (χ0v) is 15.1. The summed E-state index contributed by atoms with van der Waals surface area (Å²) in [5.74, 6) is 6.20. The molecule has 1 atom stereocenters. The number of piperidine rings is 1. The Morgan fingerprint density at radius 2 is 2.07 bits per heavy atom. The molecule has 0 unspecified atom stereocenters. The number of pyridine rings is 1. The zero-order valence-electron chi connectivity index (χ0n) is 15.1. The van der Waals surface area contributed by atoms with Gasteiger partial charge >= 0.3 is 6.09 Å². The van der Waals surface area contributed by atoms with Gasteiger partial charge in [-0.2, -0.15) is 0 Å². The van der Waals surface area contributed by atoms with E-state index >= 15 is 0 Å². The lowest BCUT2D eigenvalue weighted by atomic mass is 10.0. The number of aromatic amines is 1. The molecule has 0 saturated carbocycles. The Morgan fingerprint density at radius 1 is 1.25 bits per heavy atom. The smallest absolute Gasteiger partial charge is 0.421 e. The maximum atomic E-state index is 11.6. The molecule has 0 radical (unpaired) electrons. The van der Waals surface area contributed by atoms with Gasteiger partial charge in [0.1, 0.15) is 5.82 Å². The minimum Gasteiger partial charge on any atom is -0.464 e. The van der Waals surface area contributed by atoms with Crippen molar-refractivity contribution in [3.63, 3.8) is 0 Å². The summed E-state index contributed by atoms with van der Waals surface area (Å²) in [5.41, 5.74) is 2.32. The molecule has 0 bridgehead atoms. The van der Waals surface area contributed by atoms with Crippen molar-refractivity contribution in [1.29, 1.82) is 0 Å². The van der Waals surface area contributed by atoms with Crippen molar-refractivity contribution in [3.8, 4) is 11.4 Å². The molecule has 0 spiro atoms. The van der Waals surface area contributed by atoms with Crippen LogP contribution in [-0.2, 0) is 0 Å². The molecule has 0 aliphatic carbocycles. The number of aromatic nitrogens is 3. The van der Waals surface area contributed by atoms with Crippen molar-refractivity contribution in [3.05, 3.63) is 53.1 Å². The van der Waals surface area contributed by atoms with E-state index in [2.05, 4.69) is 19.9 Å². The fourth-order valence-corrected chi connectivity index (χ4v) is 3.63. The van der Waals surface area contributed by atoms with Crippen LogP contribution in [0.2, 0.25) is 0 Å². The van der Waals surface area contributed by atoms with Gasteiger partial charge in [0, 0.05) is 48.2 Å². The Kier molecular flexibility index (Phi) is 4.66. The van der Waals surface area contributed by atoms with E-state index in [0.717, 1.165) is 46.5 Å². The lowest BCUT2D eigenvalue weighted by molar-refractivity contribution is 0.119. The van der Waals surface area contributed by atoms with E-state index in [-0.39, 0.29) is 11.6 Å². The predicted octanol–water partition coefficient (Wildman–Crippen LogP) is 1.81. The molecule has 1 aromatic carbocycles. The molecule has 3 aromatic rings. The molecule has 4 rings (SSSR count). The number of hydrogen-bond acceptors (Lipinski definition) is 6. The second-order valence-electron chi connectivity index (χ2n) is 6.78. The Hall–Kier alpha value is -3.46. The highest BCUT2D eigenvalue weighted by Crippen LogP contribution is 2.31. The molecular weight excluding hydrogens is 360 g/mol. The number of rotatable bonds is 3. The number of nitrogens with two attached hydrogens (primary N) is 1. The summed E-state index contributed by atoms with van der Waals surface area (Å²) in [7, 11) is 0. The average Bonchev–Trinajstić information content (AvgIpc) is 2.72. The fraction of sp³-hybridized carbons (Fsp3) is 0.263. The summed E-state index contributed by atoms with van der Waals surface area (Å²) >= 11 is 0. The molecule has 9 nitrogen and oxygen atoms in total. The third-order valence-corrected chi connectivity index (χ3v) is 5.01. The van der Waals surface area contributed by atoms with Gasteiger partial charge in [0.05, 0.1) is 11.6 Å². The van der Waals surface area contributed by atoms with Crippen LogP contribution in [0.25, 0.3) is 22.3 Å². The molecule has 1 aliphatic heterocycles. The summed E-state index contributed by atoms with van der Waals surface area (Å²) < 4.78 is 0. The predicted molar refractivity (Wildman–Crippen MR) is 105 cm³/mol. The molecule has 3 heterocycles.